The van der Waals surface area contributed by atoms with Crippen LogP contribution in [0.25, 0.3) is 0 Å². The Labute approximate surface area is 109 Å². The molecule has 0 aliphatic carbocycles. The third-order valence-electron chi connectivity index (χ3n) is 3.80. The van der Waals surface area contributed by atoms with Crippen LogP contribution in [0, 0.1) is 0 Å². The van der Waals surface area contributed by atoms with Crippen LogP contribution in [0.5, 0.6) is 0 Å². The quantitative estimate of drug-likeness (QED) is 0.742. The predicted molar refractivity (Wildman–Crippen MR) is 68.2 cm³/mol. The zero-order valence-corrected chi connectivity index (χ0v) is 11.5. The first-order valence-corrected chi connectivity index (χ1v) is 6.82. The fourth-order valence-electron chi connectivity index (χ4n) is 2.58. The maximum absolute atomic E-state index is 11.5. The lowest BCUT2D eigenvalue weighted by Crippen LogP contribution is -2.45. The van der Waals surface area contributed by atoms with Crippen LogP contribution in [0.3, 0.4) is 0 Å². The summed E-state index contributed by atoms with van der Waals surface area (Å²) in [4.78, 5) is 15.5. The SMILES string of the molecule is CN(C)C(=O)CCCN1CCC2(CC1)OCCO2. The molecule has 0 atom stereocenters. The van der Waals surface area contributed by atoms with E-state index in [-0.39, 0.29) is 11.7 Å². The smallest absolute Gasteiger partial charge is 0.222 e. The molecule has 0 aromatic heterocycles. The first kappa shape index (κ1) is 13.8. The van der Waals surface area contributed by atoms with Gasteiger partial charge in [0, 0.05) is 46.4 Å². The molecule has 5 nitrogen and oxygen atoms in total. The molecule has 0 radical (unpaired) electrons. The van der Waals surface area contributed by atoms with E-state index in [1.165, 1.54) is 0 Å². The summed E-state index contributed by atoms with van der Waals surface area (Å²) in [5.74, 6) is -0.0680. The lowest BCUT2D eigenvalue weighted by molar-refractivity contribution is -0.185. The lowest BCUT2D eigenvalue weighted by Gasteiger charge is -2.37. The molecule has 0 aromatic carbocycles. The zero-order chi connectivity index (χ0) is 13.0. The topological polar surface area (TPSA) is 42.0 Å². The number of ether oxygens (including phenoxy) is 2. The number of nitrogens with zero attached hydrogens (tertiary/aromatic N) is 2. The van der Waals surface area contributed by atoms with Crippen molar-refractivity contribution in [2.45, 2.75) is 31.5 Å². The average molecular weight is 256 g/mol. The fourth-order valence-corrected chi connectivity index (χ4v) is 2.58. The van der Waals surface area contributed by atoms with Crippen LogP contribution in [-0.2, 0) is 14.3 Å². The predicted octanol–water partition coefficient (Wildman–Crippen LogP) is 0.694. The second-order valence-electron chi connectivity index (χ2n) is 5.34. The van der Waals surface area contributed by atoms with Crippen molar-refractivity contribution in [1.29, 1.82) is 0 Å². The first-order chi connectivity index (χ1) is 8.61. The Morgan fingerprint density at radius 3 is 2.39 bits per heavy atom. The molecule has 1 amide bonds. The number of likely N-dealkylation sites (tertiary alicyclic amines) is 1. The van der Waals surface area contributed by atoms with E-state index in [0.29, 0.717) is 6.42 Å². The highest BCUT2D eigenvalue weighted by atomic mass is 16.7. The summed E-state index contributed by atoms with van der Waals surface area (Å²) in [5.41, 5.74) is 0. The molecule has 2 aliphatic heterocycles. The molecule has 2 fully saturated rings. The molecule has 2 heterocycles. The molecular weight excluding hydrogens is 232 g/mol. The normalized spacial score (nSPS) is 23.4. The number of piperidine rings is 1. The Balaban J connectivity index is 1.63. The van der Waals surface area contributed by atoms with E-state index in [2.05, 4.69) is 4.90 Å². The minimum absolute atomic E-state index is 0.214. The highest BCUT2D eigenvalue weighted by Crippen LogP contribution is 2.31. The van der Waals surface area contributed by atoms with Gasteiger partial charge in [-0.15, -0.1) is 0 Å². The van der Waals surface area contributed by atoms with Crippen LogP contribution in [-0.4, -0.2) is 68.4 Å². The van der Waals surface area contributed by atoms with Crippen molar-refractivity contribution >= 4 is 5.91 Å². The Morgan fingerprint density at radius 1 is 1.22 bits per heavy atom. The number of rotatable bonds is 4. The summed E-state index contributed by atoms with van der Waals surface area (Å²) >= 11 is 0. The third kappa shape index (κ3) is 3.43. The molecule has 2 rings (SSSR count). The zero-order valence-electron chi connectivity index (χ0n) is 11.5. The Bertz CT molecular complexity index is 278. The van der Waals surface area contributed by atoms with Crippen LogP contribution in [0.15, 0.2) is 0 Å². The first-order valence-electron chi connectivity index (χ1n) is 6.82. The van der Waals surface area contributed by atoms with Crippen molar-refractivity contribution in [2.75, 3.05) is 46.9 Å². The van der Waals surface area contributed by atoms with E-state index >= 15 is 0 Å². The fraction of sp³-hybridized carbons (Fsp3) is 0.923. The molecule has 18 heavy (non-hydrogen) atoms. The number of carbonyl (C=O) groups is 1. The Hall–Kier alpha value is -0.650. The highest BCUT2D eigenvalue weighted by molar-refractivity contribution is 5.75. The molecule has 2 saturated heterocycles. The molecule has 0 aromatic rings. The van der Waals surface area contributed by atoms with Crippen molar-refractivity contribution in [1.82, 2.24) is 9.80 Å². The van der Waals surface area contributed by atoms with Gasteiger partial charge in [-0.3, -0.25) is 4.79 Å². The van der Waals surface area contributed by atoms with Crippen molar-refractivity contribution in [2.24, 2.45) is 0 Å². The second kappa shape index (κ2) is 5.99. The van der Waals surface area contributed by atoms with Crippen molar-refractivity contribution < 1.29 is 14.3 Å². The number of hydrogen-bond donors (Lipinski definition) is 0. The van der Waals surface area contributed by atoms with Gasteiger partial charge < -0.3 is 19.3 Å². The van der Waals surface area contributed by atoms with Gasteiger partial charge in [-0.1, -0.05) is 0 Å². The van der Waals surface area contributed by atoms with E-state index in [9.17, 15) is 4.79 Å². The van der Waals surface area contributed by atoms with Gasteiger partial charge in [0.1, 0.15) is 0 Å². The summed E-state index contributed by atoms with van der Waals surface area (Å²) < 4.78 is 11.4. The maximum atomic E-state index is 11.5. The average Bonchev–Trinajstić information content (AvgIpc) is 2.80. The van der Waals surface area contributed by atoms with Crippen molar-refractivity contribution in [3.8, 4) is 0 Å². The van der Waals surface area contributed by atoms with E-state index < -0.39 is 0 Å². The number of amides is 1. The van der Waals surface area contributed by atoms with Gasteiger partial charge >= 0.3 is 0 Å². The van der Waals surface area contributed by atoms with Crippen LogP contribution in [0.2, 0.25) is 0 Å². The standard InChI is InChI=1S/C13H24N2O3/c1-14(2)12(16)4-3-7-15-8-5-13(6-9-15)17-10-11-18-13/h3-11H2,1-2H3. The van der Waals surface area contributed by atoms with Gasteiger partial charge in [0.05, 0.1) is 13.2 Å². The van der Waals surface area contributed by atoms with Gasteiger partial charge in [-0.25, -0.2) is 0 Å². The van der Waals surface area contributed by atoms with Gasteiger partial charge in [0.25, 0.3) is 0 Å². The molecular formula is C13H24N2O3. The van der Waals surface area contributed by atoms with Gasteiger partial charge in [-0.05, 0) is 13.0 Å². The second-order valence-corrected chi connectivity index (χ2v) is 5.34. The van der Waals surface area contributed by atoms with Crippen LogP contribution >= 0.6 is 0 Å². The van der Waals surface area contributed by atoms with Gasteiger partial charge in [-0.2, -0.15) is 0 Å². The van der Waals surface area contributed by atoms with Crippen LogP contribution in [0.1, 0.15) is 25.7 Å². The maximum Gasteiger partial charge on any atom is 0.222 e. The van der Waals surface area contributed by atoms with Crippen LogP contribution < -0.4 is 0 Å². The van der Waals surface area contributed by atoms with Crippen molar-refractivity contribution in [3.63, 3.8) is 0 Å². The largest absolute Gasteiger partial charge is 0.349 e. The molecule has 0 unspecified atom stereocenters. The summed E-state index contributed by atoms with van der Waals surface area (Å²) in [6.07, 6.45) is 3.48. The minimum Gasteiger partial charge on any atom is -0.349 e. The van der Waals surface area contributed by atoms with E-state index in [4.69, 9.17) is 9.47 Å². The molecule has 0 saturated carbocycles. The van der Waals surface area contributed by atoms with Crippen molar-refractivity contribution in [3.05, 3.63) is 0 Å². The van der Waals surface area contributed by atoms with Gasteiger partial charge in [0.2, 0.25) is 5.91 Å². The molecule has 104 valence electrons. The van der Waals surface area contributed by atoms with Crippen LogP contribution in [0.4, 0.5) is 0 Å². The third-order valence-corrected chi connectivity index (χ3v) is 3.80. The van der Waals surface area contributed by atoms with Gasteiger partial charge in [0.15, 0.2) is 5.79 Å². The van der Waals surface area contributed by atoms with E-state index in [0.717, 1.165) is 52.1 Å². The summed E-state index contributed by atoms with van der Waals surface area (Å²) in [6, 6.07) is 0. The summed E-state index contributed by atoms with van der Waals surface area (Å²) in [7, 11) is 3.61. The molecule has 0 bridgehead atoms. The molecule has 2 aliphatic rings. The molecule has 5 heteroatoms. The minimum atomic E-state index is -0.282. The number of carbonyl (C=O) groups excluding carboxylic acids is 1. The monoisotopic (exact) mass is 256 g/mol. The Morgan fingerprint density at radius 2 is 1.83 bits per heavy atom. The highest BCUT2D eigenvalue weighted by Gasteiger charge is 2.39. The molecule has 1 spiro atoms. The Kier molecular flexibility index (Phi) is 4.59. The van der Waals surface area contributed by atoms with E-state index in [1.54, 1.807) is 4.90 Å². The summed E-state index contributed by atoms with van der Waals surface area (Å²) in [5, 5.41) is 0. The lowest BCUT2D eigenvalue weighted by atomic mass is 10.0. The summed E-state index contributed by atoms with van der Waals surface area (Å²) in [6.45, 7) is 4.48. The van der Waals surface area contributed by atoms with E-state index in [1.807, 2.05) is 14.1 Å². The number of hydrogen-bond acceptors (Lipinski definition) is 4. The molecule has 0 N–H and O–H groups in total.